The maximum absolute atomic E-state index is 14.0. The summed E-state index contributed by atoms with van der Waals surface area (Å²) in [5.74, 6) is -1.73. The Balaban J connectivity index is 2.37. The van der Waals surface area contributed by atoms with Crippen LogP contribution in [0.3, 0.4) is 0 Å². The van der Waals surface area contributed by atoms with E-state index in [1.807, 2.05) is 4.90 Å². The van der Waals surface area contributed by atoms with E-state index in [9.17, 15) is 13.9 Å². The van der Waals surface area contributed by atoms with E-state index < -0.39 is 17.2 Å². The highest BCUT2D eigenvalue weighted by Gasteiger charge is 2.36. The second-order valence-electron chi connectivity index (χ2n) is 5.12. The van der Waals surface area contributed by atoms with Crippen LogP contribution in [0.5, 0.6) is 0 Å². The minimum absolute atomic E-state index is 0.219. The van der Waals surface area contributed by atoms with Crippen LogP contribution in [-0.2, 0) is 5.54 Å². The summed E-state index contributed by atoms with van der Waals surface area (Å²) in [6, 6.07) is 4.13. The molecule has 2 rings (SSSR count). The molecule has 1 aromatic rings. The summed E-state index contributed by atoms with van der Waals surface area (Å²) in [6.45, 7) is 4.66. The predicted octanol–water partition coefficient (Wildman–Crippen LogP) is 1.47. The Morgan fingerprint density at radius 3 is 2.84 bits per heavy atom. The van der Waals surface area contributed by atoms with Gasteiger partial charge in [-0.3, -0.25) is 4.90 Å². The zero-order valence-corrected chi connectivity index (χ0v) is 11.1. The second-order valence-corrected chi connectivity index (χ2v) is 5.12. The first-order chi connectivity index (χ1) is 9.09. The lowest BCUT2D eigenvalue weighted by molar-refractivity contribution is 0.0419. The quantitative estimate of drug-likeness (QED) is 0.873. The van der Waals surface area contributed by atoms with E-state index in [1.54, 1.807) is 13.0 Å². The Hall–Kier alpha value is -1.04. The lowest BCUT2D eigenvalue weighted by Gasteiger charge is -2.40. The molecule has 1 unspecified atom stereocenters. The number of hydrogen-bond acceptors (Lipinski definition) is 3. The number of aliphatic hydroxyl groups is 1. The van der Waals surface area contributed by atoms with Gasteiger partial charge in [0.25, 0.3) is 0 Å². The number of nitrogens with zero attached hydrogens (tertiary/aromatic N) is 1. The molecule has 0 amide bonds. The van der Waals surface area contributed by atoms with Crippen LogP contribution in [0.15, 0.2) is 18.2 Å². The van der Waals surface area contributed by atoms with E-state index >= 15 is 0 Å². The molecule has 0 aliphatic carbocycles. The van der Waals surface area contributed by atoms with Gasteiger partial charge in [-0.1, -0.05) is 12.1 Å². The van der Waals surface area contributed by atoms with Gasteiger partial charge in [0, 0.05) is 25.2 Å². The lowest BCUT2D eigenvalue weighted by atomic mass is 9.90. The van der Waals surface area contributed by atoms with Gasteiger partial charge in [-0.25, -0.2) is 8.78 Å². The highest BCUT2D eigenvalue weighted by atomic mass is 19.2. The largest absolute Gasteiger partial charge is 0.394 e. The molecule has 0 aromatic heterocycles. The molecule has 0 spiro atoms. The van der Waals surface area contributed by atoms with Crippen molar-refractivity contribution in [3.05, 3.63) is 35.4 Å². The molecule has 3 nitrogen and oxygen atoms in total. The molecule has 2 N–H and O–H groups in total. The Kier molecular flexibility index (Phi) is 4.50. The highest BCUT2D eigenvalue weighted by Crippen LogP contribution is 2.31. The number of aliphatic hydroxyl groups excluding tert-OH is 1. The summed E-state index contributed by atoms with van der Waals surface area (Å²) in [5, 5.41) is 13.0. The van der Waals surface area contributed by atoms with Crippen LogP contribution in [0.25, 0.3) is 0 Å². The van der Waals surface area contributed by atoms with E-state index in [4.69, 9.17) is 0 Å². The third-order valence-corrected chi connectivity index (χ3v) is 3.88. The van der Waals surface area contributed by atoms with Gasteiger partial charge >= 0.3 is 0 Å². The zero-order chi connectivity index (χ0) is 13.9. The first-order valence-corrected chi connectivity index (χ1v) is 6.60. The van der Waals surface area contributed by atoms with Crippen LogP contribution in [0, 0.1) is 11.6 Å². The topological polar surface area (TPSA) is 35.5 Å². The lowest BCUT2D eigenvalue weighted by Crippen LogP contribution is -2.48. The summed E-state index contributed by atoms with van der Waals surface area (Å²) in [4.78, 5) is 2.02. The van der Waals surface area contributed by atoms with Crippen molar-refractivity contribution < 1.29 is 13.9 Å². The van der Waals surface area contributed by atoms with Crippen LogP contribution >= 0.6 is 0 Å². The van der Waals surface area contributed by atoms with E-state index in [-0.39, 0.29) is 12.2 Å². The van der Waals surface area contributed by atoms with Gasteiger partial charge in [0.2, 0.25) is 0 Å². The smallest absolute Gasteiger partial charge is 0.163 e. The molecular weight excluding hydrogens is 250 g/mol. The Bertz CT molecular complexity index is 433. The molecule has 0 saturated carbocycles. The van der Waals surface area contributed by atoms with Gasteiger partial charge in [0.15, 0.2) is 11.6 Å². The summed E-state index contributed by atoms with van der Waals surface area (Å²) in [6.07, 6.45) is 0.923. The van der Waals surface area contributed by atoms with Crippen molar-refractivity contribution in [1.29, 1.82) is 0 Å². The van der Waals surface area contributed by atoms with E-state index in [2.05, 4.69) is 5.32 Å². The number of hydrogen-bond donors (Lipinski definition) is 2. The van der Waals surface area contributed by atoms with Crippen molar-refractivity contribution in [3.8, 4) is 0 Å². The molecule has 1 aliphatic heterocycles. The molecule has 106 valence electrons. The van der Waals surface area contributed by atoms with Crippen molar-refractivity contribution in [1.82, 2.24) is 10.2 Å². The number of rotatable bonds is 3. The van der Waals surface area contributed by atoms with Crippen LogP contribution in [0.4, 0.5) is 8.78 Å². The fraction of sp³-hybridized carbons (Fsp3) is 0.571. The SMILES string of the molecule is CC(CO)(c1cccc(F)c1F)N1CCCNCC1. The van der Waals surface area contributed by atoms with Crippen molar-refractivity contribution >= 4 is 0 Å². The van der Waals surface area contributed by atoms with Crippen molar-refractivity contribution in [2.24, 2.45) is 0 Å². The number of halogens is 2. The third kappa shape index (κ3) is 2.78. The van der Waals surface area contributed by atoms with Gasteiger partial charge in [-0.2, -0.15) is 0 Å². The fourth-order valence-corrected chi connectivity index (χ4v) is 2.61. The predicted molar refractivity (Wildman–Crippen MR) is 69.9 cm³/mol. The molecule has 1 saturated heterocycles. The summed E-state index contributed by atoms with van der Waals surface area (Å²) in [5.41, 5.74) is -0.671. The standard InChI is InChI=1S/C14H20F2N2O/c1-14(10-19,18-8-3-6-17-7-9-18)11-4-2-5-12(15)13(11)16/h2,4-5,17,19H,3,6-10H2,1H3. The first kappa shape index (κ1) is 14.4. The monoisotopic (exact) mass is 270 g/mol. The molecule has 1 aliphatic rings. The van der Waals surface area contributed by atoms with Gasteiger partial charge in [-0.05, 0) is 26.0 Å². The molecule has 1 heterocycles. The number of nitrogens with one attached hydrogen (secondary N) is 1. The maximum Gasteiger partial charge on any atom is 0.163 e. The van der Waals surface area contributed by atoms with Crippen molar-refractivity contribution in [3.63, 3.8) is 0 Å². The molecule has 0 bridgehead atoms. The van der Waals surface area contributed by atoms with Crippen LogP contribution in [0.2, 0.25) is 0 Å². The van der Waals surface area contributed by atoms with Crippen molar-refractivity contribution in [2.45, 2.75) is 18.9 Å². The molecule has 1 atom stereocenters. The molecule has 19 heavy (non-hydrogen) atoms. The molecular formula is C14H20F2N2O. The molecule has 1 fully saturated rings. The van der Waals surface area contributed by atoms with Gasteiger partial charge in [0.05, 0.1) is 12.1 Å². The maximum atomic E-state index is 14.0. The second kappa shape index (κ2) is 5.94. The van der Waals surface area contributed by atoms with Crippen molar-refractivity contribution in [2.75, 3.05) is 32.8 Å². The Labute approximate surface area is 112 Å². The Morgan fingerprint density at radius 2 is 2.11 bits per heavy atom. The average molecular weight is 270 g/mol. The zero-order valence-electron chi connectivity index (χ0n) is 11.1. The molecule has 5 heteroatoms. The van der Waals surface area contributed by atoms with Crippen LogP contribution in [-0.4, -0.2) is 42.8 Å². The third-order valence-electron chi connectivity index (χ3n) is 3.88. The highest BCUT2D eigenvalue weighted by molar-refractivity contribution is 5.27. The normalized spacial score (nSPS) is 20.8. The summed E-state index contributed by atoms with van der Waals surface area (Å²) >= 11 is 0. The van der Waals surface area contributed by atoms with Crippen LogP contribution < -0.4 is 5.32 Å². The molecule has 1 aromatic carbocycles. The Morgan fingerprint density at radius 1 is 1.32 bits per heavy atom. The minimum atomic E-state index is -0.891. The van der Waals surface area contributed by atoms with Gasteiger partial charge in [-0.15, -0.1) is 0 Å². The van der Waals surface area contributed by atoms with E-state index in [0.717, 1.165) is 32.1 Å². The van der Waals surface area contributed by atoms with E-state index in [1.165, 1.54) is 6.07 Å². The first-order valence-electron chi connectivity index (χ1n) is 6.60. The van der Waals surface area contributed by atoms with Crippen LogP contribution in [0.1, 0.15) is 18.9 Å². The average Bonchev–Trinajstić information content (AvgIpc) is 2.70. The van der Waals surface area contributed by atoms with E-state index in [0.29, 0.717) is 6.54 Å². The van der Waals surface area contributed by atoms with Gasteiger partial charge < -0.3 is 10.4 Å². The summed E-state index contributed by atoms with van der Waals surface area (Å²) in [7, 11) is 0. The fourth-order valence-electron chi connectivity index (χ4n) is 2.61. The van der Waals surface area contributed by atoms with Gasteiger partial charge in [0.1, 0.15) is 0 Å². The minimum Gasteiger partial charge on any atom is -0.394 e. The molecule has 0 radical (unpaired) electrons. The number of benzene rings is 1. The summed E-state index contributed by atoms with van der Waals surface area (Å²) < 4.78 is 27.4.